The number of sulfonamides is 1. The minimum Gasteiger partial charge on any atom is -0.439 e. The molecule has 2 aromatic heterocycles. The highest BCUT2D eigenvalue weighted by Gasteiger charge is 2.40. The Morgan fingerprint density at radius 2 is 1.28 bits per heavy atom. The van der Waals surface area contributed by atoms with Crippen LogP contribution in [0.4, 0.5) is 5.95 Å². The summed E-state index contributed by atoms with van der Waals surface area (Å²) in [6.07, 6.45) is 2.78. The number of hydrogen-bond donors (Lipinski definition) is 2. The van der Waals surface area contributed by atoms with Crippen LogP contribution in [-0.2, 0) is 21.2 Å². The molecule has 0 amide bonds. The molecule has 0 aliphatic rings. The van der Waals surface area contributed by atoms with Gasteiger partial charge >= 0.3 is 0 Å². The van der Waals surface area contributed by atoms with E-state index in [1.54, 1.807) is 42.8 Å². The largest absolute Gasteiger partial charge is 0.439 e. The van der Waals surface area contributed by atoms with Crippen molar-refractivity contribution in [3.8, 4) is 11.6 Å². The molecule has 0 radical (unpaired) electrons. The Morgan fingerprint density at radius 3 is 1.78 bits per heavy atom. The number of nitrogens with zero attached hydrogens (tertiary/aromatic N) is 4. The van der Waals surface area contributed by atoms with Gasteiger partial charge in [0.15, 0.2) is 0 Å². The van der Waals surface area contributed by atoms with E-state index in [0.29, 0.717) is 11.3 Å². The number of aromatic nitrogens is 4. The van der Waals surface area contributed by atoms with Crippen molar-refractivity contribution in [1.29, 1.82) is 0 Å². The smallest absolute Gasteiger partial charge is 0.267 e. The van der Waals surface area contributed by atoms with Crippen LogP contribution in [0.3, 0.4) is 0 Å². The van der Waals surface area contributed by atoms with Crippen LogP contribution >= 0.6 is 11.6 Å². The first-order valence-corrected chi connectivity index (χ1v) is 16.2. The third kappa shape index (κ3) is 6.23. The lowest BCUT2D eigenvalue weighted by Gasteiger charge is -2.36. The molecule has 0 aliphatic heterocycles. The van der Waals surface area contributed by atoms with E-state index in [1.807, 2.05) is 91.0 Å². The highest BCUT2D eigenvalue weighted by molar-refractivity contribution is 7.92. The molecule has 0 saturated heterocycles. The summed E-state index contributed by atoms with van der Waals surface area (Å²) in [5, 5.41) is 14.8. The lowest BCUT2D eigenvalue weighted by atomic mass is 9.77. The average molecular weight is 652 g/mol. The molecule has 6 aromatic rings. The Labute approximate surface area is 272 Å². The number of aliphatic hydroxyl groups is 1. The zero-order valence-electron chi connectivity index (χ0n) is 24.9. The number of nitrogens with one attached hydrogen (secondary N) is 1. The average Bonchev–Trinajstić information content (AvgIpc) is 3.54. The van der Waals surface area contributed by atoms with E-state index in [0.717, 1.165) is 16.7 Å². The standard InChI is InChI=1S/C35H30ClN5O4S/c1-34(2,42)25-18-20-29(21-19-25)45-32-22-31(36)38-33(39-32)40-46(43,44)30-23-37-41(24-30)35(26-12-6-3-7-13-26,27-14-8-4-9-15-27)28-16-10-5-11-17-28/h3-24,42H,1-2H3,(H,38,39,40). The minimum absolute atomic E-state index is 0.0252. The van der Waals surface area contributed by atoms with Gasteiger partial charge in [-0.25, -0.2) is 18.1 Å². The fourth-order valence-electron chi connectivity index (χ4n) is 5.29. The maximum absolute atomic E-state index is 13.7. The van der Waals surface area contributed by atoms with E-state index in [-0.39, 0.29) is 21.9 Å². The Balaban J connectivity index is 1.36. The van der Waals surface area contributed by atoms with Crippen molar-refractivity contribution < 1.29 is 18.3 Å². The summed E-state index contributed by atoms with van der Waals surface area (Å²) in [7, 11) is -4.23. The molecule has 4 aromatic carbocycles. The molecule has 11 heteroatoms. The number of rotatable bonds is 10. The van der Waals surface area contributed by atoms with Crippen molar-refractivity contribution in [1.82, 2.24) is 19.7 Å². The fourth-order valence-corrected chi connectivity index (χ4v) is 6.34. The van der Waals surface area contributed by atoms with Crippen LogP contribution in [0.2, 0.25) is 5.15 Å². The van der Waals surface area contributed by atoms with Gasteiger partial charge in [0, 0.05) is 12.3 Å². The Kier molecular flexibility index (Phi) is 8.35. The number of benzene rings is 4. The predicted octanol–water partition coefficient (Wildman–Crippen LogP) is 6.99. The van der Waals surface area contributed by atoms with Crippen molar-refractivity contribution >= 4 is 27.6 Å². The molecule has 0 unspecified atom stereocenters. The first-order valence-electron chi connectivity index (χ1n) is 14.4. The van der Waals surface area contributed by atoms with Gasteiger partial charge in [0.25, 0.3) is 10.0 Å². The quantitative estimate of drug-likeness (QED) is 0.121. The molecule has 0 fully saturated rings. The summed E-state index contributed by atoms with van der Waals surface area (Å²) in [6.45, 7) is 3.36. The van der Waals surface area contributed by atoms with Crippen LogP contribution < -0.4 is 9.46 Å². The Morgan fingerprint density at radius 1 is 0.761 bits per heavy atom. The normalized spacial score (nSPS) is 12.1. The zero-order valence-corrected chi connectivity index (χ0v) is 26.5. The summed E-state index contributed by atoms with van der Waals surface area (Å²) < 4.78 is 37.3. The fraction of sp³-hybridized carbons (Fsp3) is 0.114. The van der Waals surface area contributed by atoms with Gasteiger partial charge < -0.3 is 9.84 Å². The monoisotopic (exact) mass is 651 g/mol. The minimum atomic E-state index is -4.23. The van der Waals surface area contributed by atoms with E-state index in [2.05, 4.69) is 19.8 Å². The molecule has 46 heavy (non-hydrogen) atoms. The van der Waals surface area contributed by atoms with E-state index >= 15 is 0 Å². The van der Waals surface area contributed by atoms with Gasteiger partial charge in [-0.15, -0.1) is 0 Å². The molecule has 9 nitrogen and oxygen atoms in total. The molecule has 6 rings (SSSR count). The Hall–Kier alpha value is -5.03. The molecule has 0 bridgehead atoms. The first-order chi connectivity index (χ1) is 22.1. The van der Waals surface area contributed by atoms with Crippen LogP contribution in [-0.4, -0.2) is 33.3 Å². The molecular formula is C35H30ClN5O4S. The number of ether oxygens (including phenoxy) is 1. The van der Waals surface area contributed by atoms with Crippen molar-refractivity contribution in [2.75, 3.05) is 4.72 Å². The highest BCUT2D eigenvalue weighted by Crippen LogP contribution is 2.40. The van der Waals surface area contributed by atoms with Crippen molar-refractivity contribution in [2.24, 2.45) is 0 Å². The van der Waals surface area contributed by atoms with Gasteiger partial charge in [-0.05, 0) is 48.2 Å². The molecule has 0 saturated carbocycles. The van der Waals surface area contributed by atoms with Crippen LogP contribution in [0, 0.1) is 0 Å². The molecular weight excluding hydrogens is 622 g/mol. The first kappa shape index (κ1) is 31.0. The third-order valence-corrected chi connectivity index (χ3v) is 8.94. The molecule has 2 N–H and O–H groups in total. The SMILES string of the molecule is CC(C)(O)c1ccc(Oc2cc(Cl)nc(NS(=O)(=O)c3cnn(C(c4ccccc4)(c4ccccc4)c4ccccc4)c3)n2)cc1. The van der Waals surface area contributed by atoms with Crippen LogP contribution in [0.1, 0.15) is 36.1 Å². The van der Waals surface area contributed by atoms with E-state index < -0.39 is 21.2 Å². The van der Waals surface area contributed by atoms with Gasteiger partial charge in [0.05, 0.1) is 11.8 Å². The van der Waals surface area contributed by atoms with E-state index in [9.17, 15) is 13.5 Å². The molecule has 0 atom stereocenters. The summed E-state index contributed by atoms with van der Waals surface area (Å²) >= 11 is 6.23. The maximum Gasteiger partial charge on any atom is 0.267 e. The van der Waals surface area contributed by atoms with Crippen molar-refractivity contribution in [3.63, 3.8) is 0 Å². The molecule has 232 valence electrons. The van der Waals surface area contributed by atoms with Gasteiger partial charge in [-0.2, -0.15) is 10.1 Å². The topological polar surface area (TPSA) is 119 Å². The van der Waals surface area contributed by atoms with Crippen molar-refractivity contribution in [3.05, 3.63) is 161 Å². The van der Waals surface area contributed by atoms with Gasteiger partial charge in [-0.3, -0.25) is 4.68 Å². The van der Waals surface area contributed by atoms with Crippen LogP contribution in [0.5, 0.6) is 11.6 Å². The second-order valence-corrected chi connectivity index (χ2v) is 13.1. The van der Waals surface area contributed by atoms with Crippen molar-refractivity contribution in [2.45, 2.75) is 29.9 Å². The third-order valence-electron chi connectivity index (χ3n) is 7.47. The predicted molar refractivity (Wildman–Crippen MR) is 176 cm³/mol. The van der Waals surface area contributed by atoms with Crippen LogP contribution in [0.15, 0.2) is 139 Å². The molecule has 2 heterocycles. The molecule has 0 aliphatic carbocycles. The van der Waals surface area contributed by atoms with Gasteiger partial charge in [-0.1, -0.05) is 115 Å². The Bertz CT molecular complexity index is 1950. The summed E-state index contributed by atoms with van der Waals surface area (Å²) in [6, 6.07) is 37.6. The maximum atomic E-state index is 13.7. The summed E-state index contributed by atoms with van der Waals surface area (Å²) in [5.41, 5.74) is 1.37. The lowest BCUT2D eigenvalue weighted by molar-refractivity contribution is 0.0785. The summed E-state index contributed by atoms with van der Waals surface area (Å²) in [5.74, 6) is 0.168. The second-order valence-electron chi connectivity index (χ2n) is 11.1. The van der Waals surface area contributed by atoms with Gasteiger partial charge in [0.2, 0.25) is 11.8 Å². The van der Waals surface area contributed by atoms with Gasteiger partial charge in [0.1, 0.15) is 21.3 Å². The van der Waals surface area contributed by atoms with Crippen LogP contribution in [0.25, 0.3) is 0 Å². The number of anilines is 1. The lowest BCUT2D eigenvalue weighted by Crippen LogP contribution is -2.38. The number of hydrogen-bond acceptors (Lipinski definition) is 7. The number of halogens is 1. The van der Waals surface area contributed by atoms with E-state index in [1.165, 1.54) is 18.5 Å². The van der Waals surface area contributed by atoms with E-state index in [4.69, 9.17) is 16.3 Å². The summed E-state index contributed by atoms with van der Waals surface area (Å²) in [4.78, 5) is 8.18. The molecule has 0 spiro atoms. The zero-order chi connectivity index (χ0) is 32.4. The second kappa shape index (κ2) is 12.4. The highest BCUT2D eigenvalue weighted by atomic mass is 35.5.